The molecule has 0 amide bonds. The molecule has 0 saturated carbocycles. The zero-order chi connectivity index (χ0) is 12.1. The van der Waals surface area contributed by atoms with E-state index in [1.54, 1.807) is 0 Å². The third-order valence-corrected chi connectivity index (χ3v) is 3.80. The lowest BCUT2D eigenvalue weighted by Crippen LogP contribution is -2.32. The van der Waals surface area contributed by atoms with E-state index in [9.17, 15) is 0 Å². The van der Waals surface area contributed by atoms with Gasteiger partial charge in [-0.05, 0) is 49.4 Å². The number of hydrogen-bond donors (Lipinski definition) is 0. The predicted octanol–water partition coefficient (Wildman–Crippen LogP) is 3.65. The first-order valence-corrected chi connectivity index (χ1v) is 6.74. The Kier molecular flexibility index (Phi) is 4.38. The second-order valence-electron chi connectivity index (χ2n) is 5.02. The minimum atomic E-state index is 0.744. The Bertz CT molecular complexity index is 344. The van der Waals surface area contributed by atoms with Gasteiger partial charge in [0.25, 0.3) is 0 Å². The van der Waals surface area contributed by atoms with Crippen molar-refractivity contribution in [2.45, 2.75) is 32.7 Å². The molecular formula is C16H23N. The van der Waals surface area contributed by atoms with Crippen molar-refractivity contribution in [1.82, 2.24) is 4.90 Å². The van der Waals surface area contributed by atoms with Gasteiger partial charge in [-0.3, -0.25) is 4.90 Å². The molecule has 1 aliphatic rings. The number of nitrogens with zero attached hydrogens (tertiary/aromatic N) is 1. The van der Waals surface area contributed by atoms with Gasteiger partial charge in [0.1, 0.15) is 0 Å². The van der Waals surface area contributed by atoms with Crippen LogP contribution in [0, 0.1) is 5.92 Å². The lowest BCUT2D eigenvalue weighted by atomic mass is 9.97. The molecule has 0 N–H and O–H groups in total. The third-order valence-electron chi connectivity index (χ3n) is 3.80. The molecule has 2 rings (SSSR count). The molecule has 0 aromatic heterocycles. The Morgan fingerprint density at radius 3 is 2.29 bits per heavy atom. The zero-order valence-electron chi connectivity index (χ0n) is 10.9. The first-order chi connectivity index (χ1) is 8.31. The highest BCUT2D eigenvalue weighted by atomic mass is 15.1. The molecule has 1 nitrogen and oxygen atoms in total. The zero-order valence-corrected chi connectivity index (χ0v) is 10.9. The van der Waals surface area contributed by atoms with Crippen molar-refractivity contribution in [3.05, 3.63) is 48.0 Å². The van der Waals surface area contributed by atoms with Gasteiger partial charge in [0.2, 0.25) is 0 Å². The predicted molar refractivity (Wildman–Crippen MR) is 74.0 cm³/mol. The highest BCUT2D eigenvalue weighted by Gasteiger charge is 2.16. The monoisotopic (exact) mass is 229 g/mol. The summed E-state index contributed by atoms with van der Waals surface area (Å²) in [5, 5.41) is 0. The van der Waals surface area contributed by atoms with Gasteiger partial charge in [0.05, 0.1) is 0 Å². The average Bonchev–Trinajstić information content (AvgIpc) is 2.40. The topological polar surface area (TPSA) is 3.24 Å². The maximum atomic E-state index is 3.89. The lowest BCUT2D eigenvalue weighted by Gasteiger charge is -2.30. The quantitative estimate of drug-likeness (QED) is 0.712. The Balaban J connectivity index is 1.86. The molecule has 1 aromatic rings. The van der Waals surface area contributed by atoms with Crippen LogP contribution in [-0.2, 0) is 13.0 Å². The van der Waals surface area contributed by atoms with Crippen LogP contribution in [-0.4, -0.2) is 18.0 Å². The smallest absolute Gasteiger partial charge is 0.0233 e. The summed E-state index contributed by atoms with van der Waals surface area (Å²) >= 11 is 0. The molecule has 0 radical (unpaired) electrons. The lowest BCUT2D eigenvalue weighted by molar-refractivity contribution is 0.196. The fourth-order valence-electron chi connectivity index (χ4n) is 2.49. The first kappa shape index (κ1) is 12.4. The minimum Gasteiger partial charge on any atom is -0.299 e. The summed E-state index contributed by atoms with van der Waals surface area (Å²) < 4.78 is 0. The first-order valence-electron chi connectivity index (χ1n) is 6.74. The maximum absolute atomic E-state index is 3.89. The molecule has 0 atom stereocenters. The van der Waals surface area contributed by atoms with Crippen molar-refractivity contribution in [3.8, 4) is 0 Å². The van der Waals surface area contributed by atoms with Crippen LogP contribution in [0.4, 0.5) is 0 Å². The van der Waals surface area contributed by atoms with Crippen molar-refractivity contribution in [2.24, 2.45) is 5.92 Å². The molecule has 0 bridgehead atoms. The summed E-state index contributed by atoms with van der Waals surface area (Å²) in [5.74, 6) is 0.744. The van der Waals surface area contributed by atoms with E-state index in [1.165, 1.54) is 37.1 Å². The Morgan fingerprint density at radius 1 is 1.18 bits per heavy atom. The van der Waals surface area contributed by atoms with Crippen LogP contribution in [0.25, 0.3) is 0 Å². The van der Waals surface area contributed by atoms with Gasteiger partial charge in [0, 0.05) is 6.54 Å². The van der Waals surface area contributed by atoms with E-state index < -0.39 is 0 Å². The maximum Gasteiger partial charge on any atom is 0.0233 e. The molecule has 0 aliphatic carbocycles. The molecule has 1 aliphatic heterocycles. The summed E-state index contributed by atoms with van der Waals surface area (Å²) in [7, 11) is 0. The fraction of sp³-hybridized carbons (Fsp3) is 0.500. The molecule has 1 heteroatoms. The van der Waals surface area contributed by atoms with E-state index in [0.29, 0.717) is 0 Å². The summed E-state index contributed by atoms with van der Waals surface area (Å²) in [4.78, 5) is 2.56. The fourth-order valence-corrected chi connectivity index (χ4v) is 2.49. The molecular weight excluding hydrogens is 206 g/mol. The normalized spacial score (nSPS) is 18.2. The number of hydrogen-bond acceptors (Lipinski definition) is 1. The standard InChI is InChI=1S/C16H23N/c1-3-14-5-7-16(8-6-14)13-17-11-9-15(4-2)10-12-17/h4-8,15H,2-3,9-13H2,1H3. The van der Waals surface area contributed by atoms with Gasteiger partial charge in [-0.25, -0.2) is 0 Å². The van der Waals surface area contributed by atoms with Crippen molar-refractivity contribution in [1.29, 1.82) is 0 Å². The van der Waals surface area contributed by atoms with Gasteiger partial charge < -0.3 is 0 Å². The van der Waals surface area contributed by atoms with E-state index in [-0.39, 0.29) is 0 Å². The van der Waals surface area contributed by atoms with Crippen LogP contribution in [0.15, 0.2) is 36.9 Å². The Hall–Kier alpha value is -1.08. The van der Waals surface area contributed by atoms with Crippen LogP contribution in [0.3, 0.4) is 0 Å². The number of piperidine rings is 1. The number of likely N-dealkylation sites (tertiary alicyclic amines) is 1. The third kappa shape index (κ3) is 3.44. The second-order valence-corrected chi connectivity index (χ2v) is 5.02. The van der Waals surface area contributed by atoms with Gasteiger partial charge in [-0.15, -0.1) is 6.58 Å². The van der Waals surface area contributed by atoms with E-state index in [0.717, 1.165) is 18.9 Å². The van der Waals surface area contributed by atoms with Crippen molar-refractivity contribution < 1.29 is 0 Å². The summed E-state index contributed by atoms with van der Waals surface area (Å²) in [6.07, 6.45) is 5.80. The minimum absolute atomic E-state index is 0.744. The molecule has 1 saturated heterocycles. The highest BCUT2D eigenvalue weighted by molar-refractivity contribution is 5.22. The molecule has 1 aromatic carbocycles. The Labute approximate surface area is 105 Å². The SMILES string of the molecule is C=CC1CCN(Cc2ccc(CC)cc2)CC1. The van der Waals surface area contributed by atoms with Crippen molar-refractivity contribution in [3.63, 3.8) is 0 Å². The summed E-state index contributed by atoms with van der Waals surface area (Å²) in [6.45, 7) is 9.63. The van der Waals surface area contributed by atoms with Gasteiger partial charge in [0.15, 0.2) is 0 Å². The van der Waals surface area contributed by atoms with Gasteiger partial charge in [-0.2, -0.15) is 0 Å². The van der Waals surface area contributed by atoms with Crippen molar-refractivity contribution >= 4 is 0 Å². The van der Waals surface area contributed by atoms with E-state index >= 15 is 0 Å². The van der Waals surface area contributed by atoms with Gasteiger partial charge in [-0.1, -0.05) is 37.3 Å². The molecule has 17 heavy (non-hydrogen) atoms. The molecule has 0 unspecified atom stereocenters. The van der Waals surface area contributed by atoms with Crippen molar-refractivity contribution in [2.75, 3.05) is 13.1 Å². The van der Waals surface area contributed by atoms with Gasteiger partial charge >= 0.3 is 0 Å². The van der Waals surface area contributed by atoms with Crippen LogP contribution >= 0.6 is 0 Å². The molecule has 1 fully saturated rings. The Morgan fingerprint density at radius 2 is 1.76 bits per heavy atom. The van der Waals surface area contributed by atoms with E-state index in [2.05, 4.69) is 48.7 Å². The van der Waals surface area contributed by atoms with Crippen LogP contribution in [0.1, 0.15) is 30.9 Å². The van der Waals surface area contributed by atoms with E-state index in [1.807, 2.05) is 0 Å². The van der Waals surface area contributed by atoms with Crippen LogP contribution < -0.4 is 0 Å². The molecule has 0 spiro atoms. The second kappa shape index (κ2) is 6.02. The number of benzene rings is 1. The largest absolute Gasteiger partial charge is 0.299 e. The molecule has 1 heterocycles. The van der Waals surface area contributed by atoms with E-state index in [4.69, 9.17) is 0 Å². The average molecular weight is 229 g/mol. The number of aryl methyl sites for hydroxylation is 1. The van der Waals surface area contributed by atoms with Crippen LogP contribution in [0.2, 0.25) is 0 Å². The number of allylic oxidation sites excluding steroid dienone is 1. The number of rotatable bonds is 4. The summed E-state index contributed by atoms with van der Waals surface area (Å²) in [5.41, 5.74) is 2.87. The highest BCUT2D eigenvalue weighted by Crippen LogP contribution is 2.19. The molecule has 92 valence electrons. The summed E-state index contributed by atoms with van der Waals surface area (Å²) in [6, 6.07) is 9.06. The van der Waals surface area contributed by atoms with Crippen LogP contribution in [0.5, 0.6) is 0 Å².